The van der Waals surface area contributed by atoms with Crippen LogP contribution in [-0.2, 0) is 19.6 Å². The summed E-state index contributed by atoms with van der Waals surface area (Å²) in [5.41, 5.74) is -0.0341. The van der Waals surface area contributed by atoms with Gasteiger partial charge >= 0.3 is 12.0 Å². The van der Waals surface area contributed by atoms with Crippen molar-refractivity contribution in [1.29, 1.82) is 0 Å². The third-order valence-electron chi connectivity index (χ3n) is 3.23. The van der Waals surface area contributed by atoms with Crippen LogP contribution in [-0.4, -0.2) is 46.0 Å². The van der Waals surface area contributed by atoms with Crippen LogP contribution in [0.5, 0.6) is 0 Å². The van der Waals surface area contributed by atoms with Crippen molar-refractivity contribution in [2.75, 3.05) is 13.7 Å². The van der Waals surface area contributed by atoms with Crippen molar-refractivity contribution in [1.82, 2.24) is 15.4 Å². The van der Waals surface area contributed by atoms with Gasteiger partial charge in [0.2, 0.25) is 10.0 Å². The normalized spacial score (nSPS) is 12.1. The number of ether oxygens (including phenoxy) is 1. The van der Waals surface area contributed by atoms with E-state index in [4.69, 9.17) is 4.74 Å². The maximum absolute atomic E-state index is 11.9. The molecule has 0 aliphatic heterocycles. The monoisotopic (exact) mass is 371 g/mol. The van der Waals surface area contributed by atoms with Gasteiger partial charge in [0.05, 0.1) is 10.5 Å². The van der Waals surface area contributed by atoms with E-state index in [1.54, 1.807) is 6.92 Å². The Balaban J connectivity index is 2.61. The van der Waals surface area contributed by atoms with Gasteiger partial charge in [0.1, 0.15) is 0 Å². The van der Waals surface area contributed by atoms with Crippen LogP contribution in [0.1, 0.15) is 30.6 Å². The highest BCUT2D eigenvalue weighted by molar-refractivity contribution is 7.89. The molecule has 0 bridgehead atoms. The van der Waals surface area contributed by atoms with Gasteiger partial charge < -0.3 is 10.1 Å². The van der Waals surface area contributed by atoms with Crippen LogP contribution >= 0.6 is 0 Å². The van der Waals surface area contributed by atoms with Crippen LogP contribution in [0.2, 0.25) is 0 Å². The first-order chi connectivity index (χ1) is 11.7. The number of hydrogen-bond acceptors (Lipinski definition) is 6. The molecule has 0 aromatic heterocycles. The first-order valence-corrected chi connectivity index (χ1v) is 8.99. The number of carbonyl (C=O) groups excluding carboxylic acids is 3. The van der Waals surface area contributed by atoms with Gasteiger partial charge in [0, 0.05) is 6.04 Å². The molecule has 0 spiro atoms. The van der Waals surface area contributed by atoms with Gasteiger partial charge in [-0.05, 0) is 38.6 Å². The fraction of sp³-hybridized carbons (Fsp3) is 0.400. The molecule has 0 fully saturated rings. The van der Waals surface area contributed by atoms with Gasteiger partial charge in [0.15, 0.2) is 6.61 Å². The van der Waals surface area contributed by atoms with E-state index in [1.807, 2.05) is 12.2 Å². The van der Waals surface area contributed by atoms with Crippen LogP contribution in [0.25, 0.3) is 0 Å². The summed E-state index contributed by atoms with van der Waals surface area (Å²) in [7, 11) is -2.46. The zero-order valence-electron chi connectivity index (χ0n) is 14.2. The van der Waals surface area contributed by atoms with Gasteiger partial charge in [-0.25, -0.2) is 22.7 Å². The molecule has 0 saturated heterocycles. The highest BCUT2D eigenvalue weighted by Gasteiger charge is 2.17. The number of carbonyl (C=O) groups is 3. The number of imide groups is 1. The van der Waals surface area contributed by atoms with Crippen LogP contribution < -0.4 is 15.4 Å². The lowest BCUT2D eigenvalue weighted by molar-refractivity contribution is -0.123. The van der Waals surface area contributed by atoms with Crippen molar-refractivity contribution in [3.63, 3.8) is 0 Å². The molecule has 0 aliphatic carbocycles. The van der Waals surface area contributed by atoms with Gasteiger partial charge in [-0.2, -0.15) is 0 Å². The number of sulfonamides is 1. The Labute approximate surface area is 146 Å². The van der Waals surface area contributed by atoms with Gasteiger partial charge in [0.25, 0.3) is 5.91 Å². The number of urea groups is 1. The Morgan fingerprint density at radius 1 is 1.24 bits per heavy atom. The summed E-state index contributed by atoms with van der Waals surface area (Å²) in [6, 6.07) is 4.38. The molecule has 3 N–H and O–H groups in total. The molecule has 0 aliphatic rings. The second-order valence-electron chi connectivity index (χ2n) is 5.14. The number of rotatable bonds is 7. The zero-order chi connectivity index (χ0) is 19.0. The highest BCUT2D eigenvalue weighted by atomic mass is 32.2. The van der Waals surface area contributed by atoms with Gasteiger partial charge in [-0.15, -0.1) is 0 Å². The largest absolute Gasteiger partial charge is 0.452 e. The molecule has 0 unspecified atom stereocenters. The molecule has 1 atom stereocenters. The summed E-state index contributed by atoms with van der Waals surface area (Å²) < 4.78 is 30.3. The Bertz CT molecular complexity index is 747. The smallest absolute Gasteiger partial charge is 0.338 e. The van der Waals surface area contributed by atoms with Crippen LogP contribution in [0.15, 0.2) is 29.2 Å². The van der Waals surface area contributed by atoms with Crippen LogP contribution in [0.3, 0.4) is 0 Å². The fourth-order valence-corrected chi connectivity index (χ4v) is 2.42. The highest BCUT2D eigenvalue weighted by Crippen LogP contribution is 2.12. The van der Waals surface area contributed by atoms with Crippen molar-refractivity contribution < 1.29 is 27.5 Å². The molecule has 0 heterocycles. The topological polar surface area (TPSA) is 131 Å². The number of esters is 1. The minimum absolute atomic E-state index is 0.0341. The van der Waals surface area contributed by atoms with E-state index in [0.717, 1.165) is 6.07 Å². The summed E-state index contributed by atoms with van der Waals surface area (Å²) in [6.07, 6.45) is 0.697. The minimum atomic E-state index is -3.71. The SMILES string of the molecule is CC[C@H](C)NC(=O)NC(=O)COC(=O)c1cccc(S(=O)(=O)NC)c1. The van der Waals surface area contributed by atoms with E-state index in [2.05, 4.69) is 10.0 Å². The molecule has 3 amide bonds. The first kappa shape index (κ1) is 20.6. The Kier molecular flexibility index (Phi) is 7.52. The Morgan fingerprint density at radius 2 is 1.92 bits per heavy atom. The number of nitrogens with one attached hydrogen (secondary N) is 3. The second-order valence-corrected chi connectivity index (χ2v) is 7.03. The van der Waals surface area contributed by atoms with Crippen molar-refractivity contribution in [2.45, 2.75) is 31.2 Å². The van der Waals surface area contributed by atoms with E-state index in [1.165, 1.54) is 25.2 Å². The summed E-state index contributed by atoms with van der Waals surface area (Å²) >= 11 is 0. The predicted octanol–water partition coefficient (Wildman–Crippen LogP) is 0.376. The van der Waals surface area contributed by atoms with Crippen LogP contribution in [0.4, 0.5) is 4.79 Å². The molecular formula is C15H21N3O6S. The Morgan fingerprint density at radius 3 is 2.52 bits per heavy atom. The summed E-state index contributed by atoms with van der Waals surface area (Å²) in [5.74, 6) is -1.68. The van der Waals surface area contributed by atoms with E-state index in [9.17, 15) is 22.8 Å². The number of benzene rings is 1. The molecule has 0 radical (unpaired) electrons. The molecule has 25 heavy (non-hydrogen) atoms. The molecule has 138 valence electrons. The third kappa shape index (κ3) is 6.51. The van der Waals surface area contributed by atoms with E-state index in [-0.39, 0.29) is 16.5 Å². The molecule has 1 aromatic rings. The second kappa shape index (κ2) is 9.14. The molecular weight excluding hydrogens is 350 g/mol. The standard InChI is InChI=1S/C15H21N3O6S/c1-4-10(2)17-15(21)18-13(19)9-24-14(20)11-6-5-7-12(8-11)25(22,23)16-3/h5-8,10,16H,4,9H2,1-3H3,(H2,17,18,19,21)/t10-/m0/s1. The lowest BCUT2D eigenvalue weighted by Gasteiger charge is -2.12. The summed E-state index contributed by atoms with van der Waals surface area (Å²) in [5, 5.41) is 4.55. The summed E-state index contributed by atoms with van der Waals surface area (Å²) in [6.45, 7) is 2.98. The van der Waals surface area contributed by atoms with Crippen LogP contribution in [0, 0.1) is 0 Å². The number of amides is 3. The van der Waals surface area contributed by atoms with Crippen molar-refractivity contribution in [3.8, 4) is 0 Å². The number of hydrogen-bond donors (Lipinski definition) is 3. The quantitative estimate of drug-likeness (QED) is 0.594. The molecule has 0 saturated carbocycles. The fourth-order valence-electron chi connectivity index (χ4n) is 1.65. The predicted molar refractivity (Wildman–Crippen MR) is 89.4 cm³/mol. The average molecular weight is 371 g/mol. The van der Waals surface area contributed by atoms with E-state index >= 15 is 0 Å². The van der Waals surface area contributed by atoms with Gasteiger partial charge in [-0.3, -0.25) is 10.1 Å². The molecule has 10 heteroatoms. The first-order valence-electron chi connectivity index (χ1n) is 7.50. The van der Waals surface area contributed by atoms with E-state index in [0.29, 0.717) is 6.42 Å². The van der Waals surface area contributed by atoms with Crippen molar-refractivity contribution >= 4 is 27.9 Å². The lowest BCUT2D eigenvalue weighted by atomic mass is 10.2. The van der Waals surface area contributed by atoms with Gasteiger partial charge in [-0.1, -0.05) is 13.0 Å². The van der Waals surface area contributed by atoms with Crippen molar-refractivity contribution in [3.05, 3.63) is 29.8 Å². The van der Waals surface area contributed by atoms with E-state index < -0.39 is 34.5 Å². The molecule has 1 aromatic carbocycles. The maximum atomic E-state index is 11.9. The third-order valence-corrected chi connectivity index (χ3v) is 4.64. The molecule has 1 rings (SSSR count). The molecule has 9 nitrogen and oxygen atoms in total. The minimum Gasteiger partial charge on any atom is -0.452 e. The zero-order valence-corrected chi connectivity index (χ0v) is 15.0. The summed E-state index contributed by atoms with van der Waals surface area (Å²) in [4.78, 5) is 34.8. The Hall–Kier alpha value is -2.46. The average Bonchev–Trinajstić information content (AvgIpc) is 2.59. The maximum Gasteiger partial charge on any atom is 0.338 e. The van der Waals surface area contributed by atoms with Crippen molar-refractivity contribution in [2.24, 2.45) is 0 Å². The lowest BCUT2D eigenvalue weighted by Crippen LogP contribution is -2.44.